The summed E-state index contributed by atoms with van der Waals surface area (Å²) in [5, 5.41) is 11.8. The molecule has 0 unspecified atom stereocenters. The number of para-hydroxylation sites is 1. The van der Waals surface area contributed by atoms with Crippen molar-refractivity contribution in [3.8, 4) is 6.07 Å². The molecule has 0 bridgehead atoms. The Morgan fingerprint density at radius 2 is 1.97 bits per heavy atom. The number of nitriles is 1. The Morgan fingerprint density at radius 1 is 1.15 bits per heavy atom. The lowest BCUT2D eigenvalue weighted by molar-refractivity contribution is 0.0602. The van der Waals surface area contributed by atoms with Crippen molar-refractivity contribution in [2.24, 2.45) is 0 Å². The molecule has 0 radical (unpaired) electrons. The summed E-state index contributed by atoms with van der Waals surface area (Å²) in [6.07, 6.45) is 4.60. The average molecular weight is 451 g/mol. The molecule has 5 rings (SSSR count). The Bertz CT molecular complexity index is 1450. The van der Waals surface area contributed by atoms with Gasteiger partial charge in [-0.05, 0) is 54.8 Å². The number of methoxy groups -OCH3 is 1. The average Bonchev–Trinajstić information content (AvgIpc) is 3.28. The lowest BCUT2D eigenvalue weighted by atomic mass is 9.64. The zero-order valence-electron chi connectivity index (χ0n) is 18.5. The predicted octanol–water partition coefficient (Wildman–Crippen LogP) is 4.34. The van der Waals surface area contributed by atoms with Gasteiger partial charge < -0.3 is 15.0 Å². The number of ether oxygens (including phenoxy) is 1. The Morgan fingerprint density at radius 3 is 2.65 bits per heavy atom. The number of pyridine rings is 1. The molecule has 0 aliphatic heterocycles. The van der Waals surface area contributed by atoms with Crippen LogP contribution in [-0.4, -0.2) is 33.9 Å². The third-order valence-corrected chi connectivity index (χ3v) is 6.39. The number of aromatic nitrogens is 3. The highest BCUT2D eigenvalue weighted by molar-refractivity contribution is 6.04. The summed E-state index contributed by atoms with van der Waals surface area (Å²) < 4.78 is 4.90. The quantitative estimate of drug-likeness (QED) is 0.436. The van der Waals surface area contributed by atoms with E-state index in [9.17, 15) is 9.59 Å². The molecule has 8 heteroatoms. The van der Waals surface area contributed by atoms with Gasteiger partial charge in [-0.3, -0.25) is 4.79 Å². The van der Waals surface area contributed by atoms with Gasteiger partial charge in [-0.15, -0.1) is 0 Å². The van der Waals surface area contributed by atoms with E-state index >= 15 is 0 Å². The summed E-state index contributed by atoms with van der Waals surface area (Å²) in [4.78, 5) is 37.4. The van der Waals surface area contributed by atoms with Gasteiger partial charge in [0, 0.05) is 11.8 Å². The van der Waals surface area contributed by atoms with Crippen LogP contribution in [0.15, 0.2) is 60.8 Å². The first-order chi connectivity index (χ1) is 16.5. The van der Waals surface area contributed by atoms with Crippen molar-refractivity contribution < 1.29 is 14.3 Å². The number of hydrogen-bond donors (Lipinski definition) is 2. The topological polar surface area (TPSA) is 121 Å². The number of fused-ring (bicyclic) bond motifs is 1. The fourth-order valence-corrected chi connectivity index (χ4v) is 4.40. The van der Waals surface area contributed by atoms with Crippen molar-refractivity contribution in [1.29, 1.82) is 5.26 Å². The second-order valence-corrected chi connectivity index (χ2v) is 8.29. The number of carbonyl (C=O) groups is 2. The summed E-state index contributed by atoms with van der Waals surface area (Å²) in [6.45, 7) is 0. The van der Waals surface area contributed by atoms with Crippen LogP contribution in [0.5, 0.6) is 0 Å². The van der Waals surface area contributed by atoms with E-state index in [0.717, 1.165) is 36.2 Å². The van der Waals surface area contributed by atoms with E-state index in [1.807, 2.05) is 18.2 Å². The fourth-order valence-electron chi connectivity index (χ4n) is 4.40. The van der Waals surface area contributed by atoms with E-state index in [-0.39, 0.29) is 11.3 Å². The molecule has 2 heterocycles. The summed E-state index contributed by atoms with van der Waals surface area (Å²) >= 11 is 0. The Labute approximate surface area is 195 Å². The van der Waals surface area contributed by atoms with E-state index < -0.39 is 5.97 Å². The number of benzene rings is 2. The van der Waals surface area contributed by atoms with Crippen molar-refractivity contribution in [1.82, 2.24) is 15.0 Å². The molecule has 2 aromatic carbocycles. The van der Waals surface area contributed by atoms with Gasteiger partial charge in [0.2, 0.25) is 0 Å². The predicted molar refractivity (Wildman–Crippen MR) is 125 cm³/mol. The maximum atomic E-state index is 12.6. The van der Waals surface area contributed by atoms with Gasteiger partial charge in [-0.1, -0.05) is 24.6 Å². The molecular weight excluding hydrogens is 430 g/mol. The smallest absolute Gasteiger partial charge is 0.340 e. The van der Waals surface area contributed by atoms with E-state index in [0.29, 0.717) is 28.0 Å². The van der Waals surface area contributed by atoms with Gasteiger partial charge in [0.25, 0.3) is 5.91 Å². The van der Waals surface area contributed by atoms with Crippen LogP contribution >= 0.6 is 0 Å². The van der Waals surface area contributed by atoms with Crippen LogP contribution in [0.25, 0.3) is 11.0 Å². The van der Waals surface area contributed by atoms with Gasteiger partial charge in [-0.25, -0.2) is 14.8 Å². The molecule has 34 heavy (non-hydrogen) atoms. The number of H-pyrrole nitrogens is 1. The number of hydrogen-bond acceptors (Lipinski definition) is 6. The van der Waals surface area contributed by atoms with Gasteiger partial charge in [0.05, 0.1) is 35.2 Å². The van der Waals surface area contributed by atoms with Crippen LogP contribution in [0.2, 0.25) is 0 Å². The second-order valence-electron chi connectivity index (χ2n) is 8.29. The maximum Gasteiger partial charge on any atom is 0.340 e. The van der Waals surface area contributed by atoms with Gasteiger partial charge in [0.15, 0.2) is 0 Å². The minimum absolute atomic E-state index is 0.330. The molecule has 1 saturated carbocycles. The molecule has 168 valence electrons. The third-order valence-electron chi connectivity index (χ3n) is 6.39. The van der Waals surface area contributed by atoms with E-state index in [1.165, 1.54) is 13.2 Å². The highest BCUT2D eigenvalue weighted by Crippen LogP contribution is 2.48. The summed E-state index contributed by atoms with van der Waals surface area (Å²) in [7, 11) is 1.36. The zero-order chi connectivity index (χ0) is 23.7. The molecule has 1 aliphatic rings. The van der Waals surface area contributed by atoms with Crippen molar-refractivity contribution in [2.45, 2.75) is 24.7 Å². The largest absolute Gasteiger partial charge is 0.465 e. The lowest BCUT2D eigenvalue weighted by Crippen LogP contribution is -2.36. The number of carbonyl (C=O) groups excluding carboxylic acids is 2. The number of aromatic amines is 1. The number of anilines is 1. The summed E-state index contributed by atoms with van der Waals surface area (Å²) in [5.41, 5.74) is 3.26. The monoisotopic (exact) mass is 451 g/mol. The van der Waals surface area contributed by atoms with Crippen molar-refractivity contribution in [2.75, 3.05) is 12.4 Å². The molecule has 0 atom stereocenters. The van der Waals surface area contributed by atoms with Crippen molar-refractivity contribution >= 4 is 28.7 Å². The Balaban J connectivity index is 1.42. The highest BCUT2D eigenvalue weighted by Gasteiger charge is 2.43. The third kappa shape index (κ3) is 3.57. The van der Waals surface area contributed by atoms with Gasteiger partial charge >= 0.3 is 5.97 Å². The lowest BCUT2D eigenvalue weighted by Gasteiger charge is -2.40. The maximum absolute atomic E-state index is 12.6. The number of imidazole rings is 1. The van der Waals surface area contributed by atoms with Crippen molar-refractivity contribution in [3.63, 3.8) is 0 Å². The van der Waals surface area contributed by atoms with Crippen LogP contribution in [0.3, 0.4) is 0 Å². The normalized spacial score (nSPS) is 14.1. The van der Waals surface area contributed by atoms with E-state index in [2.05, 4.69) is 15.3 Å². The number of nitrogens with one attached hydrogen (secondary N) is 2. The number of rotatable bonds is 5. The molecule has 0 saturated heterocycles. The molecule has 1 amide bonds. The van der Waals surface area contributed by atoms with Crippen LogP contribution in [0.1, 0.15) is 56.9 Å². The number of nitrogens with zero attached hydrogens (tertiary/aromatic N) is 3. The first kappa shape index (κ1) is 21.3. The van der Waals surface area contributed by atoms with Crippen LogP contribution < -0.4 is 5.32 Å². The first-order valence-corrected chi connectivity index (χ1v) is 10.9. The minimum Gasteiger partial charge on any atom is -0.465 e. The minimum atomic E-state index is -0.423. The highest BCUT2D eigenvalue weighted by atomic mass is 16.5. The number of amides is 1. The fraction of sp³-hybridized carbons (Fsp3) is 0.192. The SMILES string of the molecule is COC(=O)c1cccc2[nH]c(C3(c4ccc(NC(=O)c5cccc(C#N)c5)nc4)CCC3)nc12. The molecule has 2 aromatic heterocycles. The van der Waals surface area contributed by atoms with E-state index in [1.54, 1.807) is 42.6 Å². The number of esters is 1. The Hall–Kier alpha value is -4.51. The zero-order valence-corrected chi connectivity index (χ0v) is 18.5. The molecule has 1 aliphatic carbocycles. The van der Waals surface area contributed by atoms with E-state index in [4.69, 9.17) is 15.0 Å². The summed E-state index contributed by atoms with van der Waals surface area (Å²) in [5.74, 6) is 0.455. The van der Waals surface area contributed by atoms with Crippen LogP contribution in [-0.2, 0) is 10.2 Å². The van der Waals surface area contributed by atoms with Crippen LogP contribution in [0.4, 0.5) is 5.82 Å². The van der Waals surface area contributed by atoms with Gasteiger partial charge in [0.1, 0.15) is 17.2 Å². The molecule has 0 spiro atoms. The Kier molecular flexibility index (Phi) is 5.30. The standard InChI is InChI=1S/C26H21N5O3/c1-34-24(33)19-7-3-8-20-22(19)31-25(29-20)26(11-4-12-26)18-9-10-21(28-15-18)30-23(32)17-6-2-5-16(13-17)14-27/h2-3,5-10,13,15H,4,11-12H2,1H3,(H,29,31)(H,28,30,32). The first-order valence-electron chi connectivity index (χ1n) is 10.9. The molecule has 4 aromatic rings. The van der Waals surface area contributed by atoms with Gasteiger partial charge in [-0.2, -0.15) is 5.26 Å². The molecule has 1 fully saturated rings. The molecule has 2 N–H and O–H groups in total. The molecule has 8 nitrogen and oxygen atoms in total. The van der Waals surface area contributed by atoms with Crippen LogP contribution in [0, 0.1) is 11.3 Å². The second kappa shape index (κ2) is 8.45. The van der Waals surface area contributed by atoms with Crippen molar-refractivity contribution in [3.05, 3.63) is 88.9 Å². The molecular formula is C26H21N5O3. The summed E-state index contributed by atoms with van der Waals surface area (Å²) in [6, 6.07) is 17.7.